The van der Waals surface area contributed by atoms with Crippen LogP contribution in [0.2, 0.25) is 0 Å². The van der Waals surface area contributed by atoms with Gasteiger partial charge in [-0.2, -0.15) is 0 Å². The predicted octanol–water partition coefficient (Wildman–Crippen LogP) is 1.93. The molecule has 2 heterocycles. The fourth-order valence-electron chi connectivity index (χ4n) is 3.21. The number of carbonyl (C=O) groups excluding carboxylic acids is 2. The molecule has 2 fully saturated rings. The van der Waals surface area contributed by atoms with Gasteiger partial charge in [0.05, 0.1) is 23.5 Å². The first kappa shape index (κ1) is 21.8. The Labute approximate surface area is 180 Å². The van der Waals surface area contributed by atoms with Crippen molar-refractivity contribution in [3.63, 3.8) is 0 Å². The van der Waals surface area contributed by atoms with Gasteiger partial charge in [0.25, 0.3) is 5.91 Å². The van der Waals surface area contributed by atoms with Crippen molar-refractivity contribution in [2.24, 2.45) is 0 Å². The van der Waals surface area contributed by atoms with E-state index in [1.54, 1.807) is 20.2 Å². The highest BCUT2D eigenvalue weighted by Gasteiger charge is 2.35. The third kappa shape index (κ3) is 5.18. The van der Waals surface area contributed by atoms with Gasteiger partial charge >= 0.3 is 0 Å². The molecule has 1 aromatic rings. The van der Waals surface area contributed by atoms with Crippen molar-refractivity contribution in [2.45, 2.75) is 18.9 Å². The predicted molar refractivity (Wildman–Crippen MR) is 117 cm³/mol. The number of sulfone groups is 1. The van der Waals surface area contributed by atoms with Gasteiger partial charge in [0.2, 0.25) is 5.91 Å². The Kier molecular flexibility index (Phi) is 6.65. The van der Waals surface area contributed by atoms with Crippen LogP contribution >= 0.6 is 24.0 Å². The lowest BCUT2D eigenvalue weighted by molar-refractivity contribution is -0.132. The highest BCUT2D eigenvalue weighted by atomic mass is 32.2. The summed E-state index contributed by atoms with van der Waals surface area (Å²) in [6.45, 7) is 0.174. The van der Waals surface area contributed by atoms with E-state index in [2.05, 4.69) is 0 Å². The number of amides is 2. The van der Waals surface area contributed by atoms with E-state index in [0.29, 0.717) is 15.6 Å². The van der Waals surface area contributed by atoms with Crippen LogP contribution in [0.15, 0.2) is 29.2 Å². The Bertz CT molecular complexity index is 957. The first-order valence-electron chi connectivity index (χ1n) is 9.05. The van der Waals surface area contributed by atoms with Crippen LogP contribution < -0.4 is 4.74 Å². The molecule has 1 atom stereocenters. The average Bonchev–Trinajstić information content (AvgIpc) is 3.18. The molecule has 3 rings (SSSR count). The van der Waals surface area contributed by atoms with Crippen LogP contribution in [0.5, 0.6) is 5.75 Å². The monoisotopic (exact) mass is 454 g/mol. The molecule has 0 spiro atoms. The van der Waals surface area contributed by atoms with Crippen LogP contribution in [-0.2, 0) is 19.4 Å². The van der Waals surface area contributed by atoms with Gasteiger partial charge in [0, 0.05) is 26.1 Å². The van der Waals surface area contributed by atoms with E-state index in [4.69, 9.17) is 17.0 Å². The van der Waals surface area contributed by atoms with E-state index >= 15 is 0 Å². The maximum Gasteiger partial charge on any atom is 0.266 e. The van der Waals surface area contributed by atoms with Crippen molar-refractivity contribution < 1.29 is 22.7 Å². The molecular formula is C19H22N2O5S3. The van der Waals surface area contributed by atoms with Gasteiger partial charge < -0.3 is 9.64 Å². The number of hydrogen-bond donors (Lipinski definition) is 0. The molecule has 0 N–H and O–H groups in total. The lowest BCUT2D eigenvalue weighted by Crippen LogP contribution is -2.40. The summed E-state index contributed by atoms with van der Waals surface area (Å²) in [5, 5.41) is 0. The van der Waals surface area contributed by atoms with Crippen molar-refractivity contribution in [1.82, 2.24) is 9.80 Å². The zero-order chi connectivity index (χ0) is 21.2. The summed E-state index contributed by atoms with van der Waals surface area (Å²) in [5.41, 5.74) is 0.851. The zero-order valence-electron chi connectivity index (χ0n) is 16.2. The molecule has 2 aliphatic heterocycles. The summed E-state index contributed by atoms with van der Waals surface area (Å²) in [7, 11) is 0.139. The number of methoxy groups -OCH3 is 1. The lowest BCUT2D eigenvalue weighted by atomic mass is 10.2. The lowest BCUT2D eigenvalue weighted by Gasteiger charge is -2.24. The summed E-state index contributed by atoms with van der Waals surface area (Å²) < 4.78 is 28.8. The van der Waals surface area contributed by atoms with Crippen LogP contribution in [0.4, 0.5) is 0 Å². The van der Waals surface area contributed by atoms with Gasteiger partial charge in [0.1, 0.15) is 10.1 Å². The molecule has 29 heavy (non-hydrogen) atoms. The molecule has 2 amide bonds. The van der Waals surface area contributed by atoms with E-state index < -0.39 is 9.84 Å². The van der Waals surface area contributed by atoms with E-state index in [0.717, 1.165) is 11.3 Å². The molecule has 156 valence electrons. The summed E-state index contributed by atoms with van der Waals surface area (Å²) >= 11 is 6.51. The molecular weight excluding hydrogens is 432 g/mol. The van der Waals surface area contributed by atoms with E-state index in [1.165, 1.54) is 21.6 Å². The van der Waals surface area contributed by atoms with E-state index in [1.807, 2.05) is 24.3 Å². The normalized spacial score (nSPS) is 22.3. The Morgan fingerprint density at radius 2 is 2.07 bits per heavy atom. The van der Waals surface area contributed by atoms with Crippen molar-refractivity contribution >= 4 is 56.0 Å². The number of rotatable bonds is 6. The van der Waals surface area contributed by atoms with Gasteiger partial charge in [-0.25, -0.2) is 8.42 Å². The fourth-order valence-corrected chi connectivity index (χ4v) is 6.30. The molecule has 0 radical (unpaired) electrons. The second-order valence-corrected chi connectivity index (χ2v) is 10.8. The third-order valence-electron chi connectivity index (χ3n) is 4.99. The minimum atomic E-state index is -3.06. The first-order valence-corrected chi connectivity index (χ1v) is 12.1. The Morgan fingerprint density at radius 3 is 2.66 bits per heavy atom. The standard InChI is InChI=1S/C19H22N2O5S3/c1-20(14-8-10-29(24,25)12-14)17(22)7-9-21-18(23)16(28-19(21)27)11-13-3-5-15(26-2)6-4-13/h3-6,11,14H,7-10,12H2,1-2H3/b16-11+/t14-/m0/s1. The number of nitrogens with zero attached hydrogens (tertiary/aromatic N) is 2. The largest absolute Gasteiger partial charge is 0.497 e. The highest BCUT2D eigenvalue weighted by Crippen LogP contribution is 2.33. The average molecular weight is 455 g/mol. The van der Waals surface area contributed by atoms with Crippen molar-refractivity contribution in [3.8, 4) is 5.75 Å². The zero-order valence-corrected chi connectivity index (χ0v) is 18.6. The second kappa shape index (κ2) is 8.85. The number of hydrogen-bond acceptors (Lipinski definition) is 7. The smallest absolute Gasteiger partial charge is 0.266 e. The molecule has 0 aromatic heterocycles. The Hall–Kier alpha value is -1.91. The minimum absolute atomic E-state index is 0.000889. The Morgan fingerprint density at radius 1 is 1.38 bits per heavy atom. The van der Waals surface area contributed by atoms with Crippen LogP contribution in [0.1, 0.15) is 18.4 Å². The van der Waals surface area contributed by atoms with E-state index in [9.17, 15) is 18.0 Å². The van der Waals surface area contributed by atoms with Gasteiger partial charge in [0.15, 0.2) is 9.84 Å². The summed E-state index contributed by atoms with van der Waals surface area (Å²) in [5.74, 6) is 0.420. The molecule has 0 saturated carbocycles. The van der Waals surface area contributed by atoms with Gasteiger partial charge in [-0.3, -0.25) is 14.5 Å². The molecule has 2 saturated heterocycles. The molecule has 1 aromatic carbocycles. The molecule has 2 aliphatic rings. The first-order chi connectivity index (χ1) is 13.7. The van der Waals surface area contributed by atoms with Crippen LogP contribution in [0, 0.1) is 0 Å². The topological polar surface area (TPSA) is 84.0 Å². The van der Waals surface area contributed by atoms with Crippen LogP contribution in [0.25, 0.3) is 6.08 Å². The van der Waals surface area contributed by atoms with Gasteiger partial charge in [-0.15, -0.1) is 0 Å². The number of carbonyl (C=O) groups is 2. The molecule has 10 heteroatoms. The van der Waals surface area contributed by atoms with Crippen molar-refractivity contribution in [3.05, 3.63) is 34.7 Å². The van der Waals surface area contributed by atoms with Crippen LogP contribution in [-0.4, -0.2) is 72.6 Å². The van der Waals surface area contributed by atoms with Gasteiger partial charge in [-0.1, -0.05) is 36.1 Å². The maximum atomic E-state index is 12.7. The number of thioether (sulfide) groups is 1. The number of thiocarbonyl (C=S) groups is 1. The molecule has 0 aliphatic carbocycles. The Balaban J connectivity index is 1.59. The highest BCUT2D eigenvalue weighted by molar-refractivity contribution is 8.26. The maximum absolute atomic E-state index is 12.7. The summed E-state index contributed by atoms with van der Waals surface area (Å²) in [6.07, 6.45) is 2.31. The van der Waals surface area contributed by atoms with Crippen LogP contribution in [0.3, 0.4) is 0 Å². The molecule has 7 nitrogen and oxygen atoms in total. The van der Waals surface area contributed by atoms with Gasteiger partial charge in [-0.05, 0) is 30.2 Å². The summed E-state index contributed by atoms with van der Waals surface area (Å²) in [4.78, 5) is 28.6. The third-order valence-corrected chi connectivity index (χ3v) is 8.11. The number of ether oxygens (including phenoxy) is 1. The second-order valence-electron chi connectivity index (χ2n) is 6.92. The SMILES string of the molecule is COc1ccc(/C=C2/SC(=S)N(CCC(=O)N(C)[C@H]3CCS(=O)(=O)C3)C2=O)cc1. The number of benzene rings is 1. The minimum Gasteiger partial charge on any atom is -0.497 e. The fraction of sp³-hybridized carbons (Fsp3) is 0.421. The van der Waals surface area contributed by atoms with Crippen molar-refractivity contribution in [1.29, 1.82) is 0 Å². The molecule has 0 bridgehead atoms. The summed E-state index contributed by atoms with van der Waals surface area (Å²) in [6, 6.07) is 7.02. The van der Waals surface area contributed by atoms with Crippen molar-refractivity contribution in [2.75, 3.05) is 32.2 Å². The van der Waals surface area contributed by atoms with E-state index in [-0.39, 0.29) is 42.3 Å². The molecule has 0 unspecified atom stereocenters. The quantitative estimate of drug-likeness (QED) is 0.480.